The van der Waals surface area contributed by atoms with Crippen LogP contribution in [0.4, 0.5) is 15.9 Å². The van der Waals surface area contributed by atoms with Crippen LogP contribution in [0.1, 0.15) is 33.1 Å². The molecule has 1 aromatic heterocycles. The van der Waals surface area contributed by atoms with Crippen LogP contribution in [-0.2, 0) is 0 Å². The molecule has 0 unspecified atom stereocenters. The molecule has 0 saturated carbocycles. The molecule has 1 aliphatic heterocycles. The molecule has 5 rings (SSSR count). The molecule has 2 heterocycles. The van der Waals surface area contributed by atoms with E-state index in [1.807, 2.05) is 61.5 Å². The molecule has 0 radical (unpaired) electrons. The molecule has 0 aliphatic carbocycles. The van der Waals surface area contributed by atoms with Crippen LogP contribution in [0.2, 0.25) is 0 Å². The van der Waals surface area contributed by atoms with Crippen molar-refractivity contribution in [2.45, 2.75) is 13.0 Å². The van der Waals surface area contributed by atoms with E-state index in [0.29, 0.717) is 17.1 Å². The van der Waals surface area contributed by atoms with Gasteiger partial charge in [0.05, 0.1) is 12.2 Å². The van der Waals surface area contributed by atoms with Crippen molar-refractivity contribution in [3.05, 3.63) is 118 Å². The lowest BCUT2D eigenvalue weighted by atomic mass is 10.0. The summed E-state index contributed by atoms with van der Waals surface area (Å²) in [5.41, 5.74) is 4.91. The number of carbonyl (C=O) groups is 1. The number of rotatable bonds is 4. The SMILES string of the molecule is Cc1ccc(NC(=O)c2cnn3c2NC(c2ccc(Br)cc2)=C[C@H]3c2ccc(F)cc2)cc1. The fraction of sp³-hybridized carbons (Fsp3) is 0.0769. The van der Waals surface area contributed by atoms with E-state index in [1.165, 1.54) is 12.1 Å². The number of halogens is 2. The molecule has 0 spiro atoms. The Balaban J connectivity index is 1.55. The van der Waals surface area contributed by atoms with E-state index in [4.69, 9.17) is 0 Å². The van der Waals surface area contributed by atoms with E-state index in [2.05, 4.69) is 31.7 Å². The third kappa shape index (κ3) is 4.32. The standard InChI is InChI=1S/C26H20BrFN4O/c1-16-2-12-21(13-3-16)30-26(33)22-15-29-32-24(18-6-10-20(28)11-7-18)14-23(31-25(22)32)17-4-8-19(27)9-5-17/h2-15,24,31H,1H3,(H,30,33)/t24-/m0/s1. The summed E-state index contributed by atoms with van der Waals surface area (Å²) in [5, 5.41) is 10.8. The summed E-state index contributed by atoms with van der Waals surface area (Å²) < 4.78 is 16.3. The first-order chi connectivity index (χ1) is 16.0. The number of anilines is 2. The van der Waals surface area contributed by atoms with Gasteiger partial charge in [-0.2, -0.15) is 5.10 Å². The minimum absolute atomic E-state index is 0.262. The van der Waals surface area contributed by atoms with Crippen molar-refractivity contribution in [3.63, 3.8) is 0 Å². The highest BCUT2D eigenvalue weighted by molar-refractivity contribution is 9.10. The first-order valence-electron chi connectivity index (χ1n) is 10.4. The molecule has 0 fully saturated rings. The highest BCUT2D eigenvalue weighted by atomic mass is 79.9. The van der Waals surface area contributed by atoms with Crippen LogP contribution < -0.4 is 10.6 Å². The Kier molecular flexibility index (Phi) is 5.56. The van der Waals surface area contributed by atoms with Gasteiger partial charge in [-0.1, -0.05) is 57.9 Å². The highest BCUT2D eigenvalue weighted by Crippen LogP contribution is 2.35. The number of hydrogen-bond acceptors (Lipinski definition) is 3. The van der Waals surface area contributed by atoms with Crippen molar-refractivity contribution < 1.29 is 9.18 Å². The average molecular weight is 503 g/mol. The molecule has 33 heavy (non-hydrogen) atoms. The molecular weight excluding hydrogens is 483 g/mol. The Morgan fingerprint density at radius 3 is 2.42 bits per heavy atom. The molecule has 5 nitrogen and oxygen atoms in total. The van der Waals surface area contributed by atoms with Gasteiger partial charge < -0.3 is 10.6 Å². The third-order valence-electron chi connectivity index (χ3n) is 5.56. The number of nitrogens with one attached hydrogen (secondary N) is 2. The van der Waals surface area contributed by atoms with Gasteiger partial charge in [0.2, 0.25) is 0 Å². The number of fused-ring (bicyclic) bond motifs is 1. The minimum Gasteiger partial charge on any atom is -0.339 e. The first kappa shape index (κ1) is 21.2. The van der Waals surface area contributed by atoms with Gasteiger partial charge in [-0.15, -0.1) is 0 Å². The number of nitrogens with zero attached hydrogens (tertiary/aromatic N) is 2. The van der Waals surface area contributed by atoms with Gasteiger partial charge in [-0.05, 0) is 60.5 Å². The van der Waals surface area contributed by atoms with E-state index in [9.17, 15) is 9.18 Å². The minimum atomic E-state index is -0.304. The third-order valence-corrected chi connectivity index (χ3v) is 6.09. The molecule has 1 amide bonds. The van der Waals surface area contributed by atoms with Crippen LogP contribution in [-0.4, -0.2) is 15.7 Å². The Morgan fingerprint density at radius 2 is 1.73 bits per heavy atom. The fourth-order valence-electron chi connectivity index (χ4n) is 3.79. The molecule has 2 N–H and O–H groups in total. The van der Waals surface area contributed by atoms with Crippen LogP contribution in [0, 0.1) is 12.7 Å². The summed E-state index contributed by atoms with van der Waals surface area (Å²) in [5.74, 6) is 0.0144. The van der Waals surface area contributed by atoms with Crippen molar-refractivity contribution in [1.29, 1.82) is 0 Å². The summed E-state index contributed by atoms with van der Waals surface area (Å²) in [6, 6.07) is 21.5. The molecule has 3 aromatic carbocycles. The van der Waals surface area contributed by atoms with Crippen LogP contribution in [0.15, 0.2) is 89.5 Å². The van der Waals surface area contributed by atoms with E-state index in [-0.39, 0.29) is 17.8 Å². The highest BCUT2D eigenvalue weighted by Gasteiger charge is 2.28. The summed E-state index contributed by atoms with van der Waals surface area (Å²) in [6.45, 7) is 2.00. The molecule has 0 saturated heterocycles. The number of carbonyl (C=O) groups excluding carboxylic acids is 1. The molecule has 4 aromatic rings. The number of aryl methyl sites for hydroxylation is 1. The second kappa shape index (κ2) is 8.67. The number of aromatic nitrogens is 2. The normalized spacial score (nSPS) is 14.8. The predicted molar refractivity (Wildman–Crippen MR) is 132 cm³/mol. The largest absolute Gasteiger partial charge is 0.339 e. The summed E-state index contributed by atoms with van der Waals surface area (Å²) in [7, 11) is 0. The zero-order chi connectivity index (χ0) is 22.9. The summed E-state index contributed by atoms with van der Waals surface area (Å²) in [4.78, 5) is 13.1. The van der Waals surface area contributed by atoms with Gasteiger partial charge in [0.25, 0.3) is 5.91 Å². The lowest BCUT2D eigenvalue weighted by Gasteiger charge is -2.26. The number of allylic oxidation sites excluding steroid dienone is 1. The molecule has 164 valence electrons. The fourth-order valence-corrected chi connectivity index (χ4v) is 4.06. The predicted octanol–water partition coefficient (Wildman–Crippen LogP) is 6.40. The molecular formula is C26H20BrFN4O. The average Bonchev–Trinajstić information content (AvgIpc) is 3.25. The van der Waals surface area contributed by atoms with Crippen molar-refractivity contribution in [2.24, 2.45) is 0 Å². The Bertz CT molecular complexity index is 1340. The quantitative estimate of drug-likeness (QED) is 0.339. The molecule has 1 atom stereocenters. The van der Waals surface area contributed by atoms with E-state index in [0.717, 1.165) is 26.9 Å². The first-order valence-corrected chi connectivity index (χ1v) is 11.2. The van der Waals surface area contributed by atoms with Crippen LogP contribution in [0.25, 0.3) is 5.70 Å². The number of benzene rings is 3. The van der Waals surface area contributed by atoms with Crippen molar-refractivity contribution in [2.75, 3.05) is 10.6 Å². The topological polar surface area (TPSA) is 59.0 Å². The smallest absolute Gasteiger partial charge is 0.261 e. The van der Waals surface area contributed by atoms with Crippen LogP contribution in [0.5, 0.6) is 0 Å². The number of hydrogen-bond donors (Lipinski definition) is 2. The van der Waals surface area contributed by atoms with Crippen molar-refractivity contribution in [1.82, 2.24) is 9.78 Å². The van der Waals surface area contributed by atoms with Gasteiger partial charge in [-0.3, -0.25) is 4.79 Å². The maximum absolute atomic E-state index is 13.6. The maximum Gasteiger partial charge on any atom is 0.261 e. The van der Waals surface area contributed by atoms with Crippen molar-refractivity contribution >= 4 is 39.0 Å². The lowest BCUT2D eigenvalue weighted by Crippen LogP contribution is -2.22. The van der Waals surface area contributed by atoms with Crippen molar-refractivity contribution in [3.8, 4) is 0 Å². The Labute approximate surface area is 199 Å². The molecule has 7 heteroatoms. The second-order valence-corrected chi connectivity index (χ2v) is 8.80. The molecule has 1 aliphatic rings. The van der Waals surface area contributed by atoms with Gasteiger partial charge in [0, 0.05) is 15.9 Å². The second-order valence-electron chi connectivity index (χ2n) is 7.88. The van der Waals surface area contributed by atoms with E-state index in [1.54, 1.807) is 23.0 Å². The lowest BCUT2D eigenvalue weighted by molar-refractivity contribution is 0.102. The molecule has 0 bridgehead atoms. The van der Waals surface area contributed by atoms with Gasteiger partial charge >= 0.3 is 0 Å². The van der Waals surface area contributed by atoms with Crippen LogP contribution in [0.3, 0.4) is 0 Å². The van der Waals surface area contributed by atoms with Gasteiger partial charge in [-0.25, -0.2) is 9.07 Å². The maximum atomic E-state index is 13.6. The monoisotopic (exact) mass is 502 g/mol. The van der Waals surface area contributed by atoms with E-state index >= 15 is 0 Å². The Morgan fingerprint density at radius 1 is 1.03 bits per heavy atom. The summed E-state index contributed by atoms with van der Waals surface area (Å²) in [6.07, 6.45) is 3.58. The Hall–Kier alpha value is -3.71. The number of amides is 1. The van der Waals surface area contributed by atoms with Crippen LogP contribution >= 0.6 is 15.9 Å². The zero-order valence-electron chi connectivity index (χ0n) is 17.7. The summed E-state index contributed by atoms with van der Waals surface area (Å²) >= 11 is 3.47. The van der Waals surface area contributed by atoms with Gasteiger partial charge in [0.1, 0.15) is 17.2 Å². The van der Waals surface area contributed by atoms with E-state index < -0.39 is 0 Å². The van der Waals surface area contributed by atoms with Gasteiger partial charge in [0.15, 0.2) is 0 Å². The zero-order valence-corrected chi connectivity index (χ0v) is 19.3.